The van der Waals surface area contributed by atoms with Gasteiger partial charge in [-0.05, 0) is 25.5 Å². The van der Waals surface area contributed by atoms with Crippen LogP contribution in [-0.2, 0) is 19.4 Å². The number of nitrogens with one attached hydrogen (secondary N) is 2. The van der Waals surface area contributed by atoms with Gasteiger partial charge in [-0.2, -0.15) is 4.98 Å². The summed E-state index contributed by atoms with van der Waals surface area (Å²) in [6.45, 7) is 5.46. The van der Waals surface area contributed by atoms with E-state index in [-0.39, 0.29) is 0 Å². The predicted molar refractivity (Wildman–Crippen MR) is 84.6 cm³/mol. The van der Waals surface area contributed by atoms with E-state index in [1.54, 1.807) is 7.05 Å². The lowest BCUT2D eigenvalue weighted by Gasteiger charge is -2.10. The van der Waals surface area contributed by atoms with Crippen LogP contribution in [-0.4, -0.2) is 29.7 Å². The highest BCUT2D eigenvalue weighted by Gasteiger charge is 2.04. The van der Waals surface area contributed by atoms with Gasteiger partial charge < -0.3 is 15.2 Å². The van der Waals surface area contributed by atoms with Crippen LogP contribution in [0.25, 0.3) is 0 Å². The molecule has 2 rings (SSSR count). The standard InChI is InChI=1S/C14H21N5OS/c1-4-11-5-6-12(21-11)9-17-14(15-3)16-8-7-13-18-10(2)19-20-13/h5-6H,4,7-9H2,1-3H3,(H2,15,16,17). The topological polar surface area (TPSA) is 75.3 Å². The van der Waals surface area contributed by atoms with Crippen LogP contribution in [0.4, 0.5) is 0 Å². The molecule has 2 N–H and O–H groups in total. The molecule has 0 aliphatic carbocycles. The first-order valence-electron chi connectivity index (χ1n) is 7.02. The highest BCUT2D eigenvalue weighted by Crippen LogP contribution is 2.16. The molecular formula is C14H21N5OS. The van der Waals surface area contributed by atoms with Crippen molar-refractivity contribution < 1.29 is 4.52 Å². The molecule has 0 aliphatic rings. The Balaban J connectivity index is 1.73. The monoisotopic (exact) mass is 307 g/mol. The number of hydrogen-bond donors (Lipinski definition) is 2. The summed E-state index contributed by atoms with van der Waals surface area (Å²) in [5.41, 5.74) is 0. The number of hydrogen-bond acceptors (Lipinski definition) is 5. The molecule has 0 saturated heterocycles. The van der Waals surface area contributed by atoms with E-state index in [9.17, 15) is 0 Å². The minimum Gasteiger partial charge on any atom is -0.356 e. The van der Waals surface area contributed by atoms with Crippen LogP contribution in [0.1, 0.15) is 28.4 Å². The van der Waals surface area contributed by atoms with E-state index in [0.717, 1.165) is 18.9 Å². The first-order valence-corrected chi connectivity index (χ1v) is 7.84. The summed E-state index contributed by atoms with van der Waals surface area (Å²) in [4.78, 5) is 11.1. The molecule has 0 aliphatic heterocycles. The van der Waals surface area contributed by atoms with Crippen molar-refractivity contribution in [2.24, 2.45) is 4.99 Å². The average molecular weight is 307 g/mol. The molecule has 0 aromatic carbocycles. The molecule has 2 heterocycles. The van der Waals surface area contributed by atoms with E-state index in [1.165, 1.54) is 9.75 Å². The summed E-state index contributed by atoms with van der Waals surface area (Å²) in [6.07, 6.45) is 1.77. The third-order valence-corrected chi connectivity index (χ3v) is 4.15. The Morgan fingerprint density at radius 2 is 2.14 bits per heavy atom. The Hall–Kier alpha value is -1.89. The van der Waals surface area contributed by atoms with Gasteiger partial charge in [0.25, 0.3) is 0 Å². The summed E-state index contributed by atoms with van der Waals surface area (Å²) in [6, 6.07) is 4.33. The quantitative estimate of drug-likeness (QED) is 0.630. The van der Waals surface area contributed by atoms with Crippen LogP contribution in [0, 0.1) is 6.92 Å². The number of rotatable bonds is 6. The van der Waals surface area contributed by atoms with Crippen LogP contribution in [0.15, 0.2) is 21.6 Å². The second-order valence-corrected chi connectivity index (χ2v) is 5.81. The van der Waals surface area contributed by atoms with E-state index in [0.29, 0.717) is 24.7 Å². The Morgan fingerprint density at radius 1 is 1.33 bits per heavy atom. The first kappa shape index (κ1) is 15.5. The van der Waals surface area contributed by atoms with Gasteiger partial charge in [-0.25, -0.2) is 0 Å². The Bertz CT molecular complexity index is 590. The van der Waals surface area contributed by atoms with Crippen LogP contribution >= 0.6 is 11.3 Å². The van der Waals surface area contributed by atoms with Gasteiger partial charge >= 0.3 is 0 Å². The second-order valence-electron chi connectivity index (χ2n) is 4.56. The molecule has 0 radical (unpaired) electrons. The minimum atomic E-state index is 0.640. The maximum Gasteiger partial charge on any atom is 0.228 e. The number of aliphatic imine (C=N–C) groups is 1. The smallest absolute Gasteiger partial charge is 0.228 e. The van der Waals surface area contributed by atoms with Crippen molar-refractivity contribution >= 4 is 17.3 Å². The fraction of sp³-hybridized carbons (Fsp3) is 0.500. The maximum absolute atomic E-state index is 5.06. The molecule has 0 amide bonds. The zero-order valence-corrected chi connectivity index (χ0v) is 13.5. The van der Waals surface area contributed by atoms with Crippen molar-refractivity contribution in [3.63, 3.8) is 0 Å². The molecule has 0 saturated carbocycles. The third-order valence-electron chi connectivity index (χ3n) is 2.92. The predicted octanol–water partition coefficient (Wildman–Crippen LogP) is 1.91. The fourth-order valence-corrected chi connectivity index (χ4v) is 2.73. The van der Waals surface area contributed by atoms with E-state index >= 15 is 0 Å². The van der Waals surface area contributed by atoms with Crippen molar-refractivity contribution in [2.75, 3.05) is 13.6 Å². The van der Waals surface area contributed by atoms with Crippen LogP contribution in [0.2, 0.25) is 0 Å². The summed E-state index contributed by atoms with van der Waals surface area (Å²) in [7, 11) is 1.76. The Labute approximate surface area is 128 Å². The molecule has 2 aromatic rings. The zero-order valence-electron chi connectivity index (χ0n) is 12.6. The molecule has 114 valence electrons. The third kappa shape index (κ3) is 4.86. The molecule has 0 bridgehead atoms. The highest BCUT2D eigenvalue weighted by molar-refractivity contribution is 7.11. The van der Waals surface area contributed by atoms with Crippen molar-refractivity contribution in [2.45, 2.75) is 33.2 Å². The maximum atomic E-state index is 5.06. The fourth-order valence-electron chi connectivity index (χ4n) is 1.83. The van der Waals surface area contributed by atoms with Gasteiger partial charge in [-0.15, -0.1) is 11.3 Å². The van der Waals surface area contributed by atoms with E-state index in [4.69, 9.17) is 4.52 Å². The lowest BCUT2D eigenvalue weighted by atomic mass is 10.3. The number of nitrogens with zero attached hydrogens (tertiary/aromatic N) is 3. The van der Waals surface area contributed by atoms with Crippen molar-refractivity contribution in [1.82, 2.24) is 20.8 Å². The Kier molecular flexibility index (Phi) is 5.74. The number of guanidine groups is 1. The molecule has 7 heteroatoms. The highest BCUT2D eigenvalue weighted by atomic mass is 32.1. The van der Waals surface area contributed by atoms with Gasteiger partial charge in [0.05, 0.1) is 6.54 Å². The lowest BCUT2D eigenvalue weighted by Crippen LogP contribution is -2.37. The molecule has 0 unspecified atom stereocenters. The van der Waals surface area contributed by atoms with E-state index < -0.39 is 0 Å². The van der Waals surface area contributed by atoms with Gasteiger partial charge in [0.1, 0.15) is 0 Å². The summed E-state index contributed by atoms with van der Waals surface area (Å²) < 4.78 is 5.06. The Morgan fingerprint density at radius 3 is 2.76 bits per heavy atom. The summed E-state index contributed by atoms with van der Waals surface area (Å²) in [5.74, 6) is 2.08. The SMILES string of the molecule is CCc1ccc(CNC(=NC)NCCc2nc(C)no2)s1. The molecule has 0 atom stereocenters. The zero-order chi connectivity index (χ0) is 15.1. The molecule has 21 heavy (non-hydrogen) atoms. The molecular weight excluding hydrogens is 286 g/mol. The number of aromatic nitrogens is 2. The molecule has 6 nitrogen and oxygen atoms in total. The van der Waals surface area contributed by atoms with Gasteiger partial charge in [0.2, 0.25) is 5.89 Å². The van der Waals surface area contributed by atoms with Gasteiger partial charge in [-0.1, -0.05) is 12.1 Å². The van der Waals surface area contributed by atoms with Gasteiger partial charge in [0, 0.05) is 29.8 Å². The van der Waals surface area contributed by atoms with Crippen LogP contribution < -0.4 is 10.6 Å². The molecule has 0 spiro atoms. The van der Waals surface area contributed by atoms with Crippen molar-refractivity contribution in [3.05, 3.63) is 33.6 Å². The van der Waals surface area contributed by atoms with Crippen molar-refractivity contribution in [3.8, 4) is 0 Å². The van der Waals surface area contributed by atoms with Crippen molar-refractivity contribution in [1.29, 1.82) is 0 Å². The van der Waals surface area contributed by atoms with Gasteiger partial charge in [0.15, 0.2) is 11.8 Å². The van der Waals surface area contributed by atoms with Crippen LogP contribution in [0.3, 0.4) is 0 Å². The normalized spacial score (nSPS) is 11.7. The lowest BCUT2D eigenvalue weighted by molar-refractivity contribution is 0.374. The number of aryl methyl sites for hydroxylation is 2. The first-order chi connectivity index (χ1) is 10.2. The van der Waals surface area contributed by atoms with Gasteiger partial charge in [-0.3, -0.25) is 4.99 Å². The van der Waals surface area contributed by atoms with E-state index in [1.807, 2.05) is 18.3 Å². The second kappa shape index (κ2) is 7.78. The summed E-state index contributed by atoms with van der Waals surface area (Å²) in [5, 5.41) is 10.3. The minimum absolute atomic E-state index is 0.640. The molecule has 2 aromatic heterocycles. The number of thiophene rings is 1. The largest absolute Gasteiger partial charge is 0.356 e. The van der Waals surface area contributed by atoms with E-state index in [2.05, 4.69) is 44.8 Å². The average Bonchev–Trinajstić information content (AvgIpc) is 3.11. The van der Waals surface area contributed by atoms with Crippen LogP contribution in [0.5, 0.6) is 0 Å². The summed E-state index contributed by atoms with van der Waals surface area (Å²) >= 11 is 1.83. The molecule has 0 fully saturated rings.